The smallest absolute Gasteiger partial charge is 0.665 e. The number of rotatable bonds is 3. The van der Waals surface area contributed by atoms with Gasteiger partial charge in [-0.05, 0) is 30.2 Å². The maximum absolute atomic E-state index is 10.9. The maximum Gasteiger partial charge on any atom is 2.00 e. The summed E-state index contributed by atoms with van der Waals surface area (Å²) in [5.41, 5.74) is 14.5. The van der Waals surface area contributed by atoms with Crippen LogP contribution in [0.4, 0.5) is 5.69 Å². The standard InChI is InChI=1S/C10H13N2O2.W/c1-14-10(13)9(12)6-7-2-4-8(11)5-3-7;/h2-5,9,12H,6,11H2,1H3;/q-1;+2. The molecule has 80 valence electrons. The number of carbonyl (C=O) groups is 1. The Morgan fingerprint density at radius 3 is 2.47 bits per heavy atom. The third kappa shape index (κ3) is 4.45. The number of nitrogen functional groups attached to an aromatic ring is 1. The van der Waals surface area contributed by atoms with Crippen LogP contribution in [0, 0.1) is 0 Å². The molecule has 15 heavy (non-hydrogen) atoms. The van der Waals surface area contributed by atoms with Crippen molar-refractivity contribution in [3.8, 4) is 0 Å². The molecule has 0 aromatic heterocycles. The first-order chi connectivity index (χ1) is 6.63. The molecule has 4 nitrogen and oxygen atoms in total. The number of ether oxygens (including phenoxy) is 1. The van der Waals surface area contributed by atoms with Crippen LogP contribution in [0.3, 0.4) is 0 Å². The third-order valence-corrected chi connectivity index (χ3v) is 1.91. The minimum atomic E-state index is -0.858. The van der Waals surface area contributed by atoms with Gasteiger partial charge in [-0.2, -0.15) is 0 Å². The fourth-order valence-electron chi connectivity index (χ4n) is 1.12. The topological polar surface area (TPSA) is 76.1 Å². The van der Waals surface area contributed by atoms with Crippen LogP contribution in [0.1, 0.15) is 5.56 Å². The van der Waals surface area contributed by atoms with Crippen molar-refractivity contribution in [2.24, 2.45) is 0 Å². The zero-order valence-corrected chi connectivity index (χ0v) is 11.3. The average Bonchev–Trinajstić information content (AvgIpc) is 2.20. The molecule has 0 aliphatic rings. The van der Waals surface area contributed by atoms with E-state index in [1.807, 2.05) is 0 Å². The molecule has 3 N–H and O–H groups in total. The van der Waals surface area contributed by atoms with Crippen molar-refractivity contribution in [1.29, 1.82) is 0 Å². The second kappa shape index (κ2) is 6.59. The average molecular weight is 377 g/mol. The summed E-state index contributed by atoms with van der Waals surface area (Å²) in [7, 11) is 1.28. The first-order valence-corrected chi connectivity index (χ1v) is 4.27. The van der Waals surface area contributed by atoms with E-state index in [1.54, 1.807) is 24.3 Å². The Kier molecular flexibility index (Phi) is 6.21. The molecule has 1 aromatic rings. The first-order valence-electron chi connectivity index (χ1n) is 4.27. The SMILES string of the molecule is COC(=O)C([NH-])Cc1ccc(N)cc1.[W+2]. The van der Waals surface area contributed by atoms with Gasteiger partial charge in [0.1, 0.15) is 0 Å². The summed E-state index contributed by atoms with van der Waals surface area (Å²) in [6.45, 7) is 0. The number of hydrogen-bond acceptors (Lipinski definition) is 3. The van der Waals surface area contributed by atoms with Crippen LogP contribution in [-0.4, -0.2) is 19.1 Å². The van der Waals surface area contributed by atoms with Gasteiger partial charge in [0.05, 0.1) is 7.11 Å². The van der Waals surface area contributed by atoms with Crippen molar-refractivity contribution in [2.45, 2.75) is 12.5 Å². The molecule has 0 spiro atoms. The van der Waals surface area contributed by atoms with E-state index in [9.17, 15) is 4.79 Å². The number of nitrogens with two attached hydrogens (primary N) is 1. The summed E-state index contributed by atoms with van der Waals surface area (Å²) in [5.74, 6) is -0.512. The number of anilines is 1. The minimum absolute atomic E-state index is 0. The summed E-state index contributed by atoms with van der Waals surface area (Å²) in [5, 5.41) is 0. The fraction of sp³-hybridized carbons (Fsp3) is 0.300. The van der Waals surface area contributed by atoms with Crippen LogP contribution in [0.25, 0.3) is 5.73 Å². The van der Waals surface area contributed by atoms with Gasteiger partial charge in [0, 0.05) is 5.69 Å². The van der Waals surface area contributed by atoms with E-state index >= 15 is 0 Å². The first kappa shape index (κ1) is 14.1. The molecular formula is C10H13N2O2W+. The van der Waals surface area contributed by atoms with Crippen LogP contribution in [0.2, 0.25) is 0 Å². The predicted octanol–water partition coefficient (Wildman–Crippen LogP) is 1.40. The summed E-state index contributed by atoms with van der Waals surface area (Å²) in [6.07, 6.45) is 0.354. The Morgan fingerprint density at radius 2 is 2.00 bits per heavy atom. The molecule has 0 aliphatic heterocycles. The van der Waals surface area contributed by atoms with Crippen LogP contribution < -0.4 is 5.73 Å². The molecule has 1 aromatic carbocycles. The minimum Gasteiger partial charge on any atom is -0.665 e. The van der Waals surface area contributed by atoms with Crippen molar-refractivity contribution in [1.82, 2.24) is 0 Å². The zero-order valence-electron chi connectivity index (χ0n) is 8.40. The Hall–Kier alpha value is -0.862. The van der Waals surface area contributed by atoms with Gasteiger partial charge < -0.3 is 16.2 Å². The number of carbonyl (C=O) groups excluding carboxylic acids is 1. The van der Waals surface area contributed by atoms with Gasteiger partial charge in [-0.3, -0.25) is 4.79 Å². The van der Waals surface area contributed by atoms with Gasteiger partial charge in [0.15, 0.2) is 0 Å². The molecule has 0 fully saturated rings. The van der Waals surface area contributed by atoms with Crippen molar-refractivity contribution in [3.05, 3.63) is 35.6 Å². The maximum atomic E-state index is 10.9. The number of methoxy groups -OCH3 is 1. The second-order valence-corrected chi connectivity index (χ2v) is 3.02. The van der Waals surface area contributed by atoms with Crippen LogP contribution in [-0.2, 0) is 37.0 Å². The van der Waals surface area contributed by atoms with Gasteiger partial charge in [0.25, 0.3) is 5.97 Å². The molecular weight excluding hydrogens is 364 g/mol. The Labute approximate surface area is 103 Å². The summed E-state index contributed by atoms with van der Waals surface area (Å²) < 4.78 is 4.46. The number of esters is 1. The van der Waals surface area contributed by atoms with Crippen molar-refractivity contribution < 1.29 is 30.6 Å². The van der Waals surface area contributed by atoms with E-state index in [4.69, 9.17) is 11.5 Å². The van der Waals surface area contributed by atoms with E-state index in [2.05, 4.69) is 4.74 Å². The van der Waals surface area contributed by atoms with E-state index in [0.29, 0.717) is 12.1 Å². The Bertz CT molecular complexity index is 314. The predicted molar refractivity (Wildman–Crippen MR) is 54.7 cm³/mol. The zero-order chi connectivity index (χ0) is 10.6. The molecule has 5 heteroatoms. The number of hydrogen-bond donors (Lipinski definition) is 1. The molecule has 0 saturated heterocycles. The van der Waals surface area contributed by atoms with E-state index in [0.717, 1.165) is 5.56 Å². The van der Waals surface area contributed by atoms with Gasteiger partial charge in [-0.25, -0.2) is 0 Å². The van der Waals surface area contributed by atoms with Crippen LogP contribution in [0.15, 0.2) is 24.3 Å². The van der Waals surface area contributed by atoms with Gasteiger partial charge in [0.2, 0.25) is 0 Å². The Morgan fingerprint density at radius 1 is 1.47 bits per heavy atom. The van der Waals surface area contributed by atoms with Crippen molar-refractivity contribution in [2.75, 3.05) is 12.8 Å². The largest absolute Gasteiger partial charge is 2.00 e. The molecule has 0 aliphatic carbocycles. The van der Waals surface area contributed by atoms with E-state index in [1.165, 1.54) is 7.11 Å². The van der Waals surface area contributed by atoms with Gasteiger partial charge in [-0.1, -0.05) is 12.1 Å². The molecule has 1 atom stereocenters. The molecule has 0 saturated carbocycles. The molecule has 0 heterocycles. The third-order valence-electron chi connectivity index (χ3n) is 1.91. The fourth-order valence-corrected chi connectivity index (χ4v) is 1.12. The molecule has 1 unspecified atom stereocenters. The Balaban J connectivity index is 0.00000196. The summed E-state index contributed by atoms with van der Waals surface area (Å²) in [6, 6.07) is 6.25. The number of benzene rings is 1. The summed E-state index contributed by atoms with van der Waals surface area (Å²) in [4.78, 5) is 10.9. The monoisotopic (exact) mass is 377 g/mol. The van der Waals surface area contributed by atoms with Crippen molar-refractivity contribution >= 4 is 11.7 Å². The molecule has 1 rings (SSSR count). The molecule has 0 bridgehead atoms. The van der Waals surface area contributed by atoms with Crippen LogP contribution >= 0.6 is 0 Å². The van der Waals surface area contributed by atoms with Crippen molar-refractivity contribution in [3.63, 3.8) is 0 Å². The quantitative estimate of drug-likeness (QED) is 0.639. The molecule has 0 radical (unpaired) electrons. The van der Waals surface area contributed by atoms with Gasteiger partial charge >= 0.3 is 21.1 Å². The van der Waals surface area contributed by atoms with Gasteiger partial charge in [-0.15, -0.1) is 0 Å². The van der Waals surface area contributed by atoms with E-state index < -0.39 is 12.0 Å². The normalized spacial score (nSPS) is 11.3. The molecule has 0 amide bonds. The van der Waals surface area contributed by atoms with Crippen LogP contribution in [0.5, 0.6) is 0 Å². The number of nitrogens with one attached hydrogen (secondary N) is 1. The van der Waals surface area contributed by atoms with E-state index in [-0.39, 0.29) is 21.1 Å². The second-order valence-electron chi connectivity index (χ2n) is 3.02. The summed E-state index contributed by atoms with van der Waals surface area (Å²) >= 11 is 0.